The van der Waals surface area contributed by atoms with Gasteiger partial charge in [0.15, 0.2) is 0 Å². The van der Waals surface area contributed by atoms with Crippen LogP contribution in [0.25, 0.3) is 0 Å². The molecule has 0 aliphatic carbocycles. The van der Waals surface area contributed by atoms with Crippen molar-refractivity contribution in [3.05, 3.63) is 24.3 Å². The minimum atomic E-state index is -0.326. The maximum atomic E-state index is 12.5. The molecule has 0 fully saturated rings. The summed E-state index contributed by atoms with van der Waals surface area (Å²) in [5, 5.41) is 2.60. The van der Waals surface area contributed by atoms with E-state index in [1.165, 1.54) is 12.3 Å². The van der Waals surface area contributed by atoms with Gasteiger partial charge in [0.2, 0.25) is 0 Å². The number of hydrogen-bond acceptors (Lipinski definition) is 2. The Balaban J connectivity index is 3.01. The van der Waals surface area contributed by atoms with Gasteiger partial charge in [-0.3, -0.25) is 4.98 Å². The van der Waals surface area contributed by atoms with Crippen molar-refractivity contribution >= 4 is 5.69 Å². The maximum absolute atomic E-state index is 12.5. The Morgan fingerprint density at radius 1 is 1.78 bits per heavy atom. The summed E-state index contributed by atoms with van der Waals surface area (Å²) in [6.07, 6.45) is 3.81. The monoisotopic (exact) mass is 125 g/mol. The number of pyridine rings is 1. The van der Waals surface area contributed by atoms with E-state index >= 15 is 0 Å². The topological polar surface area (TPSA) is 24.9 Å². The molecule has 9 heavy (non-hydrogen) atoms. The highest BCUT2D eigenvalue weighted by Gasteiger charge is 1.95. The van der Waals surface area contributed by atoms with E-state index in [0.717, 1.165) is 0 Å². The van der Waals surface area contributed by atoms with Crippen LogP contribution in [0.4, 0.5) is 10.1 Å². The number of nitrogens with zero attached hydrogens (tertiary/aromatic N) is 1. The van der Waals surface area contributed by atoms with E-state index in [2.05, 4.69) is 16.5 Å². The largest absolute Gasteiger partial charge is 0.384 e. The standard InChI is InChI=1S/C6H6FN2/c1-8-6-4-9-3-2-5(6)7/h2-3,8H,1H3. The molecule has 1 heterocycles. The molecule has 0 atom stereocenters. The third-order valence-corrected chi connectivity index (χ3v) is 0.961. The van der Waals surface area contributed by atoms with E-state index in [1.807, 2.05) is 0 Å². The molecular formula is C6H6FN2. The number of rotatable bonds is 1. The van der Waals surface area contributed by atoms with E-state index in [-0.39, 0.29) is 5.82 Å². The molecule has 0 bridgehead atoms. The van der Waals surface area contributed by atoms with Crippen LogP contribution in [0.2, 0.25) is 0 Å². The van der Waals surface area contributed by atoms with Gasteiger partial charge >= 0.3 is 0 Å². The predicted molar refractivity (Wildman–Crippen MR) is 32.6 cm³/mol. The Morgan fingerprint density at radius 2 is 2.56 bits per heavy atom. The van der Waals surface area contributed by atoms with Crippen LogP contribution in [0.1, 0.15) is 0 Å². The van der Waals surface area contributed by atoms with Crippen LogP contribution in [0.5, 0.6) is 0 Å². The van der Waals surface area contributed by atoms with Gasteiger partial charge in [0, 0.05) is 13.2 Å². The molecule has 0 saturated heterocycles. The van der Waals surface area contributed by atoms with Crippen molar-refractivity contribution in [3.8, 4) is 0 Å². The fourth-order valence-corrected chi connectivity index (χ4v) is 0.517. The van der Waals surface area contributed by atoms with Crippen molar-refractivity contribution < 1.29 is 4.39 Å². The molecule has 0 unspecified atom stereocenters. The van der Waals surface area contributed by atoms with Gasteiger partial charge in [0.25, 0.3) is 0 Å². The molecule has 1 radical (unpaired) electrons. The molecule has 47 valence electrons. The molecule has 0 spiro atoms. The Hall–Kier alpha value is -1.12. The SMILES string of the molecule is CNc1[c]nccc1F. The zero-order valence-corrected chi connectivity index (χ0v) is 4.98. The highest BCUT2D eigenvalue weighted by Crippen LogP contribution is 2.07. The lowest BCUT2D eigenvalue weighted by atomic mass is 10.4. The predicted octanol–water partition coefficient (Wildman–Crippen LogP) is 1.06. The summed E-state index contributed by atoms with van der Waals surface area (Å²) < 4.78 is 12.5. The van der Waals surface area contributed by atoms with Crippen LogP contribution < -0.4 is 5.32 Å². The fraction of sp³-hybridized carbons (Fsp3) is 0.167. The van der Waals surface area contributed by atoms with Crippen molar-refractivity contribution in [2.24, 2.45) is 0 Å². The minimum absolute atomic E-state index is 0.303. The number of aromatic nitrogens is 1. The molecule has 1 N–H and O–H groups in total. The van der Waals surface area contributed by atoms with Gasteiger partial charge in [-0.2, -0.15) is 0 Å². The Bertz CT molecular complexity index is 200. The Kier molecular flexibility index (Phi) is 1.63. The normalized spacial score (nSPS) is 9.11. The molecule has 0 amide bonds. The van der Waals surface area contributed by atoms with Crippen LogP contribution in [-0.4, -0.2) is 12.0 Å². The maximum Gasteiger partial charge on any atom is 0.150 e. The highest BCUT2D eigenvalue weighted by molar-refractivity contribution is 5.39. The quantitative estimate of drug-likeness (QED) is 0.607. The molecule has 0 aromatic carbocycles. The van der Waals surface area contributed by atoms with E-state index in [9.17, 15) is 4.39 Å². The summed E-state index contributed by atoms with van der Waals surface area (Å²) >= 11 is 0. The van der Waals surface area contributed by atoms with Crippen LogP contribution in [0.15, 0.2) is 12.3 Å². The first-order valence-electron chi connectivity index (χ1n) is 2.54. The van der Waals surface area contributed by atoms with E-state index in [1.54, 1.807) is 7.05 Å². The molecule has 1 aromatic heterocycles. The first-order valence-corrected chi connectivity index (χ1v) is 2.54. The molecule has 2 nitrogen and oxygen atoms in total. The van der Waals surface area contributed by atoms with E-state index in [0.29, 0.717) is 5.69 Å². The van der Waals surface area contributed by atoms with Gasteiger partial charge in [0.05, 0.1) is 5.69 Å². The average Bonchev–Trinajstić information content (AvgIpc) is 1.89. The Labute approximate surface area is 52.7 Å². The summed E-state index contributed by atoms with van der Waals surface area (Å²) in [4.78, 5) is 3.59. The van der Waals surface area contributed by atoms with Crippen LogP contribution in [0.3, 0.4) is 0 Å². The summed E-state index contributed by atoms with van der Waals surface area (Å²) in [5.41, 5.74) is 0.303. The summed E-state index contributed by atoms with van der Waals surface area (Å²) in [7, 11) is 1.62. The lowest BCUT2D eigenvalue weighted by molar-refractivity contribution is 0.629. The summed E-state index contributed by atoms with van der Waals surface area (Å²) in [6.45, 7) is 0. The number of hydrogen-bond donors (Lipinski definition) is 1. The second kappa shape index (κ2) is 2.44. The third kappa shape index (κ3) is 1.16. The summed E-state index contributed by atoms with van der Waals surface area (Å²) in [6, 6.07) is 1.28. The third-order valence-electron chi connectivity index (χ3n) is 0.961. The Morgan fingerprint density at radius 3 is 3.00 bits per heavy atom. The molecule has 0 aliphatic heterocycles. The van der Waals surface area contributed by atoms with Gasteiger partial charge in [-0.05, 0) is 6.07 Å². The lowest BCUT2D eigenvalue weighted by Gasteiger charge is -1.96. The second-order valence-electron chi connectivity index (χ2n) is 1.53. The number of nitrogens with one attached hydrogen (secondary N) is 1. The van der Waals surface area contributed by atoms with Gasteiger partial charge < -0.3 is 5.32 Å². The van der Waals surface area contributed by atoms with Crippen molar-refractivity contribution in [2.45, 2.75) is 0 Å². The second-order valence-corrected chi connectivity index (χ2v) is 1.53. The first-order chi connectivity index (χ1) is 4.34. The van der Waals surface area contributed by atoms with Crippen molar-refractivity contribution in [3.63, 3.8) is 0 Å². The van der Waals surface area contributed by atoms with Crippen LogP contribution in [0, 0.1) is 12.0 Å². The highest BCUT2D eigenvalue weighted by atomic mass is 19.1. The van der Waals surface area contributed by atoms with Crippen LogP contribution in [-0.2, 0) is 0 Å². The van der Waals surface area contributed by atoms with Gasteiger partial charge in [-0.25, -0.2) is 4.39 Å². The number of anilines is 1. The van der Waals surface area contributed by atoms with Gasteiger partial charge in [-0.15, -0.1) is 0 Å². The van der Waals surface area contributed by atoms with Crippen LogP contribution >= 0.6 is 0 Å². The van der Waals surface area contributed by atoms with Crippen molar-refractivity contribution in [1.29, 1.82) is 0 Å². The van der Waals surface area contributed by atoms with E-state index in [4.69, 9.17) is 0 Å². The fourth-order valence-electron chi connectivity index (χ4n) is 0.517. The summed E-state index contributed by atoms with van der Waals surface area (Å²) in [5.74, 6) is -0.326. The average molecular weight is 125 g/mol. The van der Waals surface area contributed by atoms with Crippen molar-refractivity contribution in [2.75, 3.05) is 12.4 Å². The molecule has 1 rings (SSSR count). The van der Waals surface area contributed by atoms with Gasteiger partial charge in [-0.1, -0.05) is 0 Å². The first kappa shape index (κ1) is 6.01. The lowest BCUT2D eigenvalue weighted by Crippen LogP contribution is -1.92. The van der Waals surface area contributed by atoms with E-state index < -0.39 is 0 Å². The van der Waals surface area contributed by atoms with Gasteiger partial charge in [0.1, 0.15) is 12.0 Å². The molecule has 0 aliphatic rings. The molecule has 3 heteroatoms. The molecule has 1 aromatic rings. The van der Waals surface area contributed by atoms with Crippen molar-refractivity contribution in [1.82, 2.24) is 4.98 Å². The number of halogens is 1. The zero-order chi connectivity index (χ0) is 6.69. The smallest absolute Gasteiger partial charge is 0.150 e. The zero-order valence-electron chi connectivity index (χ0n) is 4.98. The minimum Gasteiger partial charge on any atom is -0.384 e. The molecular weight excluding hydrogens is 119 g/mol. The molecule has 0 saturated carbocycles.